The third-order valence-corrected chi connectivity index (χ3v) is 4.17. The molecule has 1 aliphatic carbocycles. The van der Waals surface area contributed by atoms with Gasteiger partial charge in [-0.1, -0.05) is 32.8 Å². The molecule has 0 saturated heterocycles. The van der Waals surface area contributed by atoms with E-state index in [-0.39, 0.29) is 0 Å². The molecule has 0 radical (unpaired) electrons. The highest BCUT2D eigenvalue weighted by atomic mass is 16.4. The van der Waals surface area contributed by atoms with Crippen molar-refractivity contribution in [2.45, 2.75) is 39.2 Å². The van der Waals surface area contributed by atoms with Gasteiger partial charge in [-0.25, -0.2) is 4.79 Å². The van der Waals surface area contributed by atoms with Crippen molar-refractivity contribution < 1.29 is 9.90 Å². The zero-order valence-corrected chi connectivity index (χ0v) is 11.0. The van der Waals surface area contributed by atoms with Gasteiger partial charge in [-0.3, -0.25) is 0 Å². The Morgan fingerprint density at radius 1 is 1.33 bits per heavy atom. The third kappa shape index (κ3) is 2.84. The van der Waals surface area contributed by atoms with Crippen LogP contribution in [0.4, 0.5) is 5.69 Å². The van der Waals surface area contributed by atoms with Gasteiger partial charge in [-0.05, 0) is 36.5 Å². The Hall–Kier alpha value is -1.51. The minimum Gasteiger partial charge on any atom is -0.478 e. The molecule has 0 spiro atoms. The first-order valence-electron chi connectivity index (χ1n) is 6.68. The molecule has 98 valence electrons. The summed E-state index contributed by atoms with van der Waals surface area (Å²) in [4.78, 5) is 10.9. The van der Waals surface area contributed by atoms with Crippen LogP contribution in [0.5, 0.6) is 0 Å². The smallest absolute Gasteiger partial charge is 0.335 e. The van der Waals surface area contributed by atoms with E-state index in [1.165, 1.54) is 19.3 Å². The number of carboxylic acids is 1. The van der Waals surface area contributed by atoms with E-state index in [1.54, 1.807) is 18.2 Å². The van der Waals surface area contributed by atoms with Gasteiger partial charge in [0.25, 0.3) is 0 Å². The van der Waals surface area contributed by atoms with Gasteiger partial charge < -0.3 is 10.4 Å². The molecule has 0 heterocycles. The summed E-state index contributed by atoms with van der Waals surface area (Å²) in [6.45, 7) is 4.58. The number of rotatable bonds is 3. The van der Waals surface area contributed by atoms with Gasteiger partial charge in [-0.15, -0.1) is 0 Å². The molecule has 3 unspecified atom stereocenters. The maximum atomic E-state index is 10.9. The summed E-state index contributed by atoms with van der Waals surface area (Å²) in [6, 6.07) is 7.54. The van der Waals surface area contributed by atoms with Crippen molar-refractivity contribution >= 4 is 11.7 Å². The Kier molecular flexibility index (Phi) is 3.90. The molecule has 0 aliphatic heterocycles. The molecule has 1 aromatic rings. The largest absolute Gasteiger partial charge is 0.478 e. The summed E-state index contributed by atoms with van der Waals surface area (Å²) in [6.07, 6.45) is 3.72. The van der Waals surface area contributed by atoms with Crippen molar-refractivity contribution in [2.75, 3.05) is 5.32 Å². The van der Waals surface area contributed by atoms with Crippen molar-refractivity contribution in [3.63, 3.8) is 0 Å². The number of hydrogen-bond acceptors (Lipinski definition) is 2. The van der Waals surface area contributed by atoms with Gasteiger partial charge in [-0.2, -0.15) is 0 Å². The van der Waals surface area contributed by atoms with Gasteiger partial charge in [0.1, 0.15) is 0 Å². The van der Waals surface area contributed by atoms with Crippen LogP contribution in [0, 0.1) is 11.8 Å². The first-order valence-corrected chi connectivity index (χ1v) is 6.68. The van der Waals surface area contributed by atoms with Crippen LogP contribution in [0.15, 0.2) is 24.3 Å². The summed E-state index contributed by atoms with van der Waals surface area (Å²) in [5, 5.41) is 12.5. The summed E-state index contributed by atoms with van der Waals surface area (Å²) in [5.74, 6) is 0.495. The fourth-order valence-electron chi connectivity index (χ4n) is 2.74. The summed E-state index contributed by atoms with van der Waals surface area (Å²) in [7, 11) is 0. The molecular weight excluding hydrogens is 226 g/mol. The van der Waals surface area contributed by atoms with Crippen LogP contribution >= 0.6 is 0 Å². The highest BCUT2D eigenvalue weighted by molar-refractivity contribution is 5.88. The molecule has 2 N–H and O–H groups in total. The molecule has 18 heavy (non-hydrogen) atoms. The van der Waals surface area contributed by atoms with Crippen LogP contribution in [-0.4, -0.2) is 17.1 Å². The molecule has 2 rings (SSSR count). The number of carbonyl (C=O) groups is 1. The quantitative estimate of drug-likeness (QED) is 0.857. The van der Waals surface area contributed by atoms with Gasteiger partial charge in [0, 0.05) is 11.7 Å². The molecule has 3 atom stereocenters. The van der Waals surface area contributed by atoms with Crippen LogP contribution in [0.2, 0.25) is 0 Å². The predicted octanol–water partition coefficient (Wildman–Crippen LogP) is 3.62. The number of hydrogen-bond donors (Lipinski definition) is 2. The number of anilines is 1. The van der Waals surface area contributed by atoms with E-state index >= 15 is 0 Å². The van der Waals surface area contributed by atoms with Gasteiger partial charge in [0.15, 0.2) is 0 Å². The lowest BCUT2D eigenvalue weighted by atomic mass is 9.78. The molecule has 1 aliphatic rings. The van der Waals surface area contributed by atoms with Crippen LogP contribution in [0.3, 0.4) is 0 Å². The van der Waals surface area contributed by atoms with Crippen LogP contribution in [-0.2, 0) is 0 Å². The molecule has 0 bridgehead atoms. The number of aromatic carboxylic acids is 1. The molecule has 1 saturated carbocycles. The average molecular weight is 247 g/mol. The molecular formula is C15H21NO2. The second-order valence-corrected chi connectivity index (χ2v) is 5.40. The number of nitrogens with one attached hydrogen (secondary N) is 1. The molecule has 1 fully saturated rings. The predicted molar refractivity (Wildman–Crippen MR) is 73.0 cm³/mol. The van der Waals surface area contributed by atoms with E-state index in [1.807, 2.05) is 6.07 Å². The standard InChI is InChI=1S/C15H21NO2/c1-10-5-3-8-14(11(10)2)16-13-7-4-6-12(9-13)15(17)18/h4,6-7,9-11,14,16H,3,5,8H2,1-2H3,(H,17,18). The summed E-state index contributed by atoms with van der Waals surface area (Å²) in [5.41, 5.74) is 1.26. The maximum Gasteiger partial charge on any atom is 0.335 e. The fourth-order valence-corrected chi connectivity index (χ4v) is 2.74. The number of carboxylic acid groups (broad SMARTS) is 1. The lowest BCUT2D eigenvalue weighted by Gasteiger charge is -2.35. The van der Waals surface area contributed by atoms with Crippen molar-refractivity contribution in [1.29, 1.82) is 0 Å². The molecule has 3 nitrogen and oxygen atoms in total. The zero-order chi connectivity index (χ0) is 13.1. The van der Waals surface area contributed by atoms with Crippen molar-refractivity contribution in [3.8, 4) is 0 Å². The van der Waals surface area contributed by atoms with Crippen molar-refractivity contribution in [3.05, 3.63) is 29.8 Å². The topological polar surface area (TPSA) is 49.3 Å². The van der Waals surface area contributed by atoms with Gasteiger partial charge in [0.05, 0.1) is 5.56 Å². The lowest BCUT2D eigenvalue weighted by Crippen LogP contribution is -2.35. The second kappa shape index (κ2) is 5.42. The Balaban J connectivity index is 2.08. The molecule has 0 aromatic heterocycles. The van der Waals surface area contributed by atoms with E-state index in [9.17, 15) is 4.79 Å². The van der Waals surface area contributed by atoms with Gasteiger partial charge >= 0.3 is 5.97 Å². The van der Waals surface area contributed by atoms with E-state index < -0.39 is 5.97 Å². The third-order valence-electron chi connectivity index (χ3n) is 4.17. The minimum atomic E-state index is -0.872. The van der Waals surface area contributed by atoms with Gasteiger partial charge in [0.2, 0.25) is 0 Å². The molecule has 1 aromatic carbocycles. The zero-order valence-electron chi connectivity index (χ0n) is 11.0. The maximum absolute atomic E-state index is 10.9. The van der Waals surface area contributed by atoms with E-state index in [4.69, 9.17) is 5.11 Å². The highest BCUT2D eigenvalue weighted by Crippen LogP contribution is 2.31. The molecule has 0 amide bonds. The number of benzene rings is 1. The Morgan fingerprint density at radius 2 is 2.11 bits per heavy atom. The van der Waals surface area contributed by atoms with E-state index in [0.717, 1.165) is 11.6 Å². The normalized spacial score (nSPS) is 27.8. The Morgan fingerprint density at radius 3 is 2.83 bits per heavy atom. The van der Waals surface area contributed by atoms with Crippen LogP contribution in [0.1, 0.15) is 43.5 Å². The van der Waals surface area contributed by atoms with Crippen molar-refractivity contribution in [1.82, 2.24) is 0 Å². The average Bonchev–Trinajstić information content (AvgIpc) is 2.35. The first-order chi connectivity index (χ1) is 8.58. The Labute approximate surface area is 108 Å². The van der Waals surface area contributed by atoms with Crippen LogP contribution in [0.25, 0.3) is 0 Å². The van der Waals surface area contributed by atoms with Crippen LogP contribution < -0.4 is 5.32 Å². The SMILES string of the molecule is CC1CCCC(Nc2cccc(C(=O)O)c2)C1C. The van der Waals surface area contributed by atoms with E-state index in [2.05, 4.69) is 19.2 Å². The summed E-state index contributed by atoms with van der Waals surface area (Å²) >= 11 is 0. The summed E-state index contributed by atoms with van der Waals surface area (Å²) < 4.78 is 0. The van der Waals surface area contributed by atoms with E-state index in [0.29, 0.717) is 17.5 Å². The fraction of sp³-hybridized carbons (Fsp3) is 0.533. The molecule has 3 heteroatoms. The second-order valence-electron chi connectivity index (χ2n) is 5.40. The Bertz CT molecular complexity index is 430. The highest BCUT2D eigenvalue weighted by Gasteiger charge is 2.26. The minimum absolute atomic E-state index is 0.344. The van der Waals surface area contributed by atoms with Crippen molar-refractivity contribution in [2.24, 2.45) is 11.8 Å². The first kappa shape index (κ1) is 12.9. The monoisotopic (exact) mass is 247 g/mol. The lowest BCUT2D eigenvalue weighted by molar-refractivity contribution is 0.0697.